The number of fused-ring (bicyclic) bond motifs is 1. The third-order valence-electron chi connectivity index (χ3n) is 4.37. The first-order valence-electron chi connectivity index (χ1n) is 8.39. The first-order chi connectivity index (χ1) is 13.6. The largest absolute Gasteiger partial charge is 0.496 e. The minimum atomic E-state index is -0.640. The van der Waals surface area contributed by atoms with E-state index in [2.05, 4.69) is 4.98 Å². The maximum atomic E-state index is 14.1. The van der Waals surface area contributed by atoms with E-state index in [-0.39, 0.29) is 11.4 Å². The summed E-state index contributed by atoms with van der Waals surface area (Å²) in [4.78, 5) is 16.0. The van der Waals surface area contributed by atoms with Crippen LogP contribution in [-0.2, 0) is 0 Å². The van der Waals surface area contributed by atoms with Crippen LogP contribution in [0.4, 0.5) is 4.39 Å². The quantitative estimate of drug-likeness (QED) is 0.405. The van der Waals surface area contributed by atoms with E-state index in [9.17, 15) is 9.18 Å². The fraction of sp³-hybridized carbons (Fsp3) is 0.0476. The molecule has 0 fully saturated rings. The molecule has 0 unspecified atom stereocenters. The molecule has 7 heteroatoms. The minimum absolute atomic E-state index is 0.247. The molecular formula is C21H15FN2O4. The summed E-state index contributed by atoms with van der Waals surface area (Å²) in [5.41, 5.74) is 4.48. The number of carbonyl (C=O) groups is 1. The van der Waals surface area contributed by atoms with Gasteiger partial charge in [-0.25, -0.2) is 14.9 Å². The molecule has 0 aliphatic heterocycles. The minimum Gasteiger partial charge on any atom is -0.496 e. The van der Waals surface area contributed by atoms with Crippen molar-refractivity contribution in [3.05, 3.63) is 72.0 Å². The highest BCUT2D eigenvalue weighted by atomic mass is 19.1. The van der Waals surface area contributed by atoms with Gasteiger partial charge in [0, 0.05) is 11.1 Å². The molecule has 2 N–H and O–H groups in total. The van der Waals surface area contributed by atoms with Crippen LogP contribution in [0.1, 0.15) is 10.4 Å². The number of halogens is 1. The van der Waals surface area contributed by atoms with Crippen molar-refractivity contribution in [3.63, 3.8) is 0 Å². The molecule has 6 nitrogen and oxygen atoms in total. The highest BCUT2D eigenvalue weighted by molar-refractivity contribution is 5.96. The van der Waals surface area contributed by atoms with Gasteiger partial charge >= 0.3 is 0 Å². The van der Waals surface area contributed by atoms with Crippen molar-refractivity contribution in [2.45, 2.75) is 0 Å². The number of carbonyl (C=O) groups excluding carboxylic acids is 1. The molecule has 0 saturated heterocycles. The molecule has 4 aromatic rings. The second-order valence-electron chi connectivity index (χ2n) is 6.04. The molecule has 1 aromatic heterocycles. The van der Waals surface area contributed by atoms with Crippen LogP contribution >= 0.6 is 0 Å². The number of oxazole rings is 1. The van der Waals surface area contributed by atoms with Gasteiger partial charge in [-0.3, -0.25) is 10.0 Å². The van der Waals surface area contributed by atoms with Crippen LogP contribution in [0, 0.1) is 5.82 Å². The summed E-state index contributed by atoms with van der Waals surface area (Å²) in [6, 6.07) is 16.3. The maximum absolute atomic E-state index is 14.1. The lowest BCUT2D eigenvalue weighted by Crippen LogP contribution is -2.18. The van der Waals surface area contributed by atoms with Crippen LogP contribution in [0.5, 0.6) is 5.75 Å². The van der Waals surface area contributed by atoms with E-state index in [4.69, 9.17) is 14.4 Å². The molecule has 0 aliphatic rings. The normalized spacial score (nSPS) is 10.8. The lowest BCUT2D eigenvalue weighted by atomic mass is 10.0. The van der Waals surface area contributed by atoms with E-state index in [1.807, 2.05) is 0 Å². The van der Waals surface area contributed by atoms with Crippen LogP contribution < -0.4 is 10.2 Å². The molecule has 3 aromatic carbocycles. The Morgan fingerprint density at radius 1 is 1.11 bits per heavy atom. The maximum Gasteiger partial charge on any atom is 0.274 e. The zero-order valence-corrected chi connectivity index (χ0v) is 14.8. The third kappa shape index (κ3) is 3.08. The van der Waals surface area contributed by atoms with Crippen LogP contribution in [0.3, 0.4) is 0 Å². The zero-order chi connectivity index (χ0) is 19.7. The van der Waals surface area contributed by atoms with Crippen molar-refractivity contribution < 1.29 is 23.5 Å². The highest BCUT2D eigenvalue weighted by Crippen LogP contribution is 2.36. The molecule has 0 spiro atoms. The van der Waals surface area contributed by atoms with Crippen LogP contribution in [0.15, 0.2) is 65.1 Å². The Morgan fingerprint density at radius 2 is 1.93 bits per heavy atom. The molecule has 140 valence electrons. The molecule has 0 aliphatic carbocycles. The number of ether oxygens (including phenoxy) is 1. The number of benzene rings is 3. The van der Waals surface area contributed by atoms with E-state index < -0.39 is 5.91 Å². The lowest BCUT2D eigenvalue weighted by molar-refractivity contribution is 0.0706. The monoisotopic (exact) mass is 378 g/mol. The van der Waals surface area contributed by atoms with Gasteiger partial charge in [-0.05, 0) is 42.0 Å². The van der Waals surface area contributed by atoms with E-state index in [0.717, 1.165) is 0 Å². The first kappa shape index (κ1) is 17.7. The Morgan fingerprint density at radius 3 is 2.68 bits per heavy atom. The second-order valence-corrected chi connectivity index (χ2v) is 6.04. The van der Waals surface area contributed by atoms with Gasteiger partial charge in [0.2, 0.25) is 5.89 Å². The Bertz CT molecular complexity index is 1190. The van der Waals surface area contributed by atoms with Crippen LogP contribution in [-0.4, -0.2) is 23.2 Å². The number of nitrogens with one attached hydrogen (secondary N) is 1. The lowest BCUT2D eigenvalue weighted by Gasteiger charge is -2.09. The summed E-state index contributed by atoms with van der Waals surface area (Å²) in [6.07, 6.45) is 0. The van der Waals surface area contributed by atoms with Crippen LogP contribution in [0.25, 0.3) is 33.7 Å². The summed E-state index contributed by atoms with van der Waals surface area (Å²) >= 11 is 0. The van der Waals surface area contributed by atoms with Gasteiger partial charge < -0.3 is 9.15 Å². The number of rotatable bonds is 4. The Kier molecular flexibility index (Phi) is 4.50. The fourth-order valence-electron chi connectivity index (χ4n) is 2.98. The summed E-state index contributed by atoms with van der Waals surface area (Å²) in [5, 5.41) is 8.76. The van der Waals surface area contributed by atoms with Gasteiger partial charge in [0.05, 0.1) is 12.7 Å². The van der Waals surface area contributed by atoms with Crippen molar-refractivity contribution >= 4 is 17.0 Å². The fourth-order valence-corrected chi connectivity index (χ4v) is 2.98. The smallest absolute Gasteiger partial charge is 0.274 e. The van der Waals surface area contributed by atoms with E-state index >= 15 is 0 Å². The summed E-state index contributed by atoms with van der Waals surface area (Å²) in [5.74, 6) is -0.193. The number of hydroxylamine groups is 1. The van der Waals surface area contributed by atoms with E-state index in [0.29, 0.717) is 39.4 Å². The Balaban J connectivity index is 1.78. The molecule has 0 bridgehead atoms. The van der Waals surface area contributed by atoms with Gasteiger partial charge in [0.25, 0.3) is 5.91 Å². The van der Waals surface area contributed by atoms with Gasteiger partial charge in [0.1, 0.15) is 17.1 Å². The predicted octanol–water partition coefficient (Wildman–Crippen LogP) is 4.43. The average molecular weight is 378 g/mol. The van der Waals surface area contributed by atoms with Crippen molar-refractivity contribution in [2.75, 3.05) is 7.11 Å². The van der Waals surface area contributed by atoms with Crippen molar-refractivity contribution in [2.24, 2.45) is 0 Å². The van der Waals surface area contributed by atoms with Crippen LogP contribution in [0.2, 0.25) is 0 Å². The third-order valence-corrected chi connectivity index (χ3v) is 4.37. The van der Waals surface area contributed by atoms with Gasteiger partial charge in [-0.15, -0.1) is 0 Å². The van der Waals surface area contributed by atoms with Gasteiger partial charge in [0.15, 0.2) is 5.58 Å². The zero-order valence-electron chi connectivity index (χ0n) is 14.8. The molecule has 1 amide bonds. The molecule has 0 radical (unpaired) electrons. The molecule has 4 rings (SSSR count). The average Bonchev–Trinajstić information content (AvgIpc) is 3.16. The summed E-state index contributed by atoms with van der Waals surface area (Å²) < 4.78 is 25.3. The topological polar surface area (TPSA) is 84.6 Å². The number of hydrogen-bond donors (Lipinski definition) is 2. The van der Waals surface area contributed by atoms with E-state index in [1.165, 1.54) is 25.3 Å². The summed E-state index contributed by atoms with van der Waals surface area (Å²) in [6.45, 7) is 0. The molecule has 28 heavy (non-hydrogen) atoms. The van der Waals surface area contributed by atoms with Crippen molar-refractivity contribution in [1.82, 2.24) is 10.5 Å². The van der Waals surface area contributed by atoms with Crippen molar-refractivity contribution in [1.29, 1.82) is 0 Å². The SMILES string of the molecule is COc1cc(-c2ccccc2F)ccc1-c1nc2cc(C(=O)NO)ccc2o1. The molecule has 0 saturated carbocycles. The standard InChI is InChI=1S/C21H15FN2O4/c1-27-19-11-12(14-4-2-3-5-16(14)22)6-8-15(19)21-23-17-10-13(20(25)24-26)7-9-18(17)28-21/h2-11,26H,1H3,(H,24,25). The predicted molar refractivity (Wildman–Crippen MR) is 101 cm³/mol. The van der Waals surface area contributed by atoms with Crippen molar-refractivity contribution in [3.8, 4) is 28.3 Å². The first-order valence-corrected chi connectivity index (χ1v) is 8.39. The van der Waals surface area contributed by atoms with E-state index in [1.54, 1.807) is 47.9 Å². The number of amides is 1. The molecular weight excluding hydrogens is 363 g/mol. The highest BCUT2D eigenvalue weighted by Gasteiger charge is 2.16. The number of hydrogen-bond acceptors (Lipinski definition) is 5. The summed E-state index contributed by atoms with van der Waals surface area (Å²) in [7, 11) is 1.51. The Labute approximate surface area is 159 Å². The van der Waals surface area contributed by atoms with Gasteiger partial charge in [-0.2, -0.15) is 0 Å². The number of aromatic nitrogens is 1. The molecule has 1 heterocycles. The Hall–Kier alpha value is -3.71. The number of methoxy groups -OCH3 is 1. The molecule has 0 atom stereocenters. The second kappa shape index (κ2) is 7.13. The number of nitrogens with zero attached hydrogens (tertiary/aromatic N) is 1. The van der Waals surface area contributed by atoms with Gasteiger partial charge in [-0.1, -0.05) is 24.3 Å².